The van der Waals surface area contributed by atoms with Crippen LogP contribution in [0.25, 0.3) is 10.9 Å². The number of fused-ring (bicyclic) bond motifs is 1. The van der Waals surface area contributed by atoms with Crippen LogP contribution in [0.1, 0.15) is 100 Å². The van der Waals surface area contributed by atoms with Crippen molar-refractivity contribution in [3.05, 3.63) is 71.4 Å². The van der Waals surface area contributed by atoms with Gasteiger partial charge in [0.25, 0.3) is 0 Å². The van der Waals surface area contributed by atoms with Crippen LogP contribution < -0.4 is 0 Å². The summed E-state index contributed by atoms with van der Waals surface area (Å²) in [5.41, 5.74) is 6.00. The van der Waals surface area contributed by atoms with Crippen molar-refractivity contribution >= 4 is 10.9 Å². The van der Waals surface area contributed by atoms with E-state index >= 15 is 0 Å². The van der Waals surface area contributed by atoms with Crippen LogP contribution in [0.2, 0.25) is 0 Å². The highest BCUT2D eigenvalue weighted by Crippen LogP contribution is 2.38. The quantitative estimate of drug-likeness (QED) is 0.220. The highest BCUT2D eigenvalue weighted by atomic mass is 15.2. The van der Waals surface area contributed by atoms with Gasteiger partial charge in [0.1, 0.15) is 0 Å². The van der Waals surface area contributed by atoms with Gasteiger partial charge in [0.2, 0.25) is 0 Å². The van der Waals surface area contributed by atoms with Gasteiger partial charge >= 0.3 is 0 Å². The molecule has 0 radical (unpaired) electrons. The lowest BCUT2D eigenvalue weighted by molar-refractivity contribution is 0.134. The molecule has 2 fully saturated rings. The largest absolute Gasteiger partial charge is 0.347 e. The molecule has 2 nitrogen and oxygen atoms in total. The van der Waals surface area contributed by atoms with Crippen molar-refractivity contribution in [2.75, 3.05) is 13.1 Å². The molecule has 1 saturated carbocycles. The van der Waals surface area contributed by atoms with E-state index < -0.39 is 0 Å². The van der Waals surface area contributed by atoms with Crippen molar-refractivity contribution in [1.29, 1.82) is 0 Å². The first-order valence-electron chi connectivity index (χ1n) is 15.1. The molecule has 1 atom stereocenters. The van der Waals surface area contributed by atoms with E-state index in [2.05, 4.69) is 78.0 Å². The fraction of sp³-hybridized carbons (Fsp3) is 0.588. The van der Waals surface area contributed by atoms with Crippen LogP contribution in [0, 0.1) is 12.8 Å². The van der Waals surface area contributed by atoms with E-state index in [1.807, 2.05) is 0 Å². The van der Waals surface area contributed by atoms with Crippen LogP contribution in [0.4, 0.5) is 0 Å². The van der Waals surface area contributed by atoms with Crippen molar-refractivity contribution in [2.45, 2.75) is 109 Å². The summed E-state index contributed by atoms with van der Waals surface area (Å²) < 4.78 is 2.58. The van der Waals surface area contributed by atoms with E-state index in [0.717, 1.165) is 17.9 Å². The van der Waals surface area contributed by atoms with Crippen LogP contribution in [0.15, 0.2) is 54.7 Å². The number of hydrogen-bond acceptors (Lipinski definition) is 1. The van der Waals surface area contributed by atoms with Crippen molar-refractivity contribution in [3.63, 3.8) is 0 Å². The molecule has 2 heterocycles. The van der Waals surface area contributed by atoms with Crippen LogP contribution >= 0.6 is 0 Å². The molecule has 1 aliphatic heterocycles. The van der Waals surface area contributed by atoms with Gasteiger partial charge in [0.15, 0.2) is 0 Å². The zero-order chi connectivity index (χ0) is 24.7. The van der Waals surface area contributed by atoms with Gasteiger partial charge in [0, 0.05) is 29.7 Å². The van der Waals surface area contributed by atoms with Crippen LogP contribution in [0.5, 0.6) is 0 Å². The Morgan fingerprint density at radius 2 is 1.67 bits per heavy atom. The zero-order valence-corrected chi connectivity index (χ0v) is 22.9. The summed E-state index contributed by atoms with van der Waals surface area (Å²) in [5.74, 6) is 1.64. The SMILES string of the molecule is CCCCCCC(CCCc1cccc(C)c1)N1CCC(c2cn(CC3CC3)c3ccccc23)CC1. The summed E-state index contributed by atoms with van der Waals surface area (Å²) in [7, 11) is 0. The Morgan fingerprint density at radius 3 is 2.44 bits per heavy atom. The normalized spacial score (nSPS) is 18.2. The summed E-state index contributed by atoms with van der Waals surface area (Å²) in [5, 5.41) is 1.52. The van der Waals surface area contributed by atoms with E-state index in [-0.39, 0.29) is 0 Å². The molecule has 0 bridgehead atoms. The first kappa shape index (κ1) is 25.6. The number of para-hydroxylation sites is 1. The molecule has 1 saturated heterocycles. The number of likely N-dealkylation sites (tertiary alicyclic amines) is 1. The number of aryl methyl sites for hydroxylation is 2. The standard InChI is InChI=1S/C34H48N2/c1-3-4-5-6-14-31(15-10-13-28-12-9-11-27(2)24-28)35-22-20-30(21-23-35)33-26-36(25-29-18-19-29)34-17-8-7-16-32(33)34/h7-9,11-12,16-17,24,26,29-31H,3-6,10,13-15,18-23,25H2,1-2H3. The number of hydrogen-bond donors (Lipinski definition) is 0. The number of nitrogens with zero attached hydrogens (tertiary/aromatic N) is 2. The number of piperidine rings is 1. The molecule has 0 N–H and O–H groups in total. The average molecular weight is 485 g/mol. The van der Waals surface area contributed by atoms with Gasteiger partial charge in [-0.05, 0) is 100 Å². The number of unbranched alkanes of at least 4 members (excludes halogenated alkanes) is 3. The second-order valence-electron chi connectivity index (χ2n) is 11.9. The van der Waals surface area contributed by atoms with Gasteiger partial charge in [-0.1, -0.05) is 80.6 Å². The van der Waals surface area contributed by atoms with Crippen molar-refractivity contribution in [2.24, 2.45) is 5.92 Å². The third-order valence-electron chi connectivity index (χ3n) is 8.93. The van der Waals surface area contributed by atoms with E-state index in [0.29, 0.717) is 0 Å². The molecule has 36 heavy (non-hydrogen) atoms. The first-order valence-corrected chi connectivity index (χ1v) is 15.1. The molecule has 2 aromatic carbocycles. The number of rotatable bonds is 13. The Hall–Kier alpha value is -2.06. The highest BCUT2D eigenvalue weighted by Gasteiger charge is 2.28. The Morgan fingerprint density at radius 1 is 0.861 bits per heavy atom. The van der Waals surface area contributed by atoms with E-state index in [4.69, 9.17) is 0 Å². The van der Waals surface area contributed by atoms with Gasteiger partial charge in [-0.2, -0.15) is 0 Å². The summed E-state index contributed by atoms with van der Waals surface area (Å²) in [6.45, 7) is 8.31. The van der Waals surface area contributed by atoms with E-state index in [1.54, 1.807) is 5.56 Å². The lowest BCUT2D eigenvalue weighted by Gasteiger charge is -2.38. The average Bonchev–Trinajstić information content (AvgIpc) is 3.65. The Kier molecular flexibility index (Phi) is 8.85. The number of aromatic nitrogens is 1. The smallest absolute Gasteiger partial charge is 0.0483 e. The Labute approximate surface area is 220 Å². The summed E-state index contributed by atoms with van der Waals surface area (Å²) in [6, 6.07) is 19.1. The molecular weight excluding hydrogens is 436 g/mol. The lowest BCUT2D eigenvalue weighted by atomic mass is 9.87. The molecule has 3 aromatic rings. The van der Waals surface area contributed by atoms with Gasteiger partial charge < -0.3 is 9.47 Å². The van der Waals surface area contributed by atoms with Gasteiger partial charge in [-0.15, -0.1) is 0 Å². The molecule has 2 heteroatoms. The first-order chi connectivity index (χ1) is 17.7. The summed E-state index contributed by atoms with van der Waals surface area (Å²) in [4.78, 5) is 2.88. The maximum absolute atomic E-state index is 2.88. The maximum atomic E-state index is 2.88. The van der Waals surface area contributed by atoms with Crippen LogP contribution in [-0.4, -0.2) is 28.6 Å². The van der Waals surface area contributed by atoms with Crippen molar-refractivity contribution < 1.29 is 0 Å². The Balaban J connectivity index is 1.20. The van der Waals surface area contributed by atoms with Crippen molar-refractivity contribution in [3.8, 4) is 0 Å². The predicted octanol–water partition coefficient (Wildman–Crippen LogP) is 8.90. The van der Waals surface area contributed by atoms with Gasteiger partial charge in [-0.3, -0.25) is 0 Å². The van der Waals surface area contributed by atoms with Crippen molar-refractivity contribution in [1.82, 2.24) is 9.47 Å². The van der Waals surface area contributed by atoms with Gasteiger partial charge in [-0.25, -0.2) is 0 Å². The molecule has 0 amide bonds. The third-order valence-corrected chi connectivity index (χ3v) is 8.93. The minimum Gasteiger partial charge on any atom is -0.347 e. The summed E-state index contributed by atoms with van der Waals surface area (Å²) in [6.07, 6.45) is 18.8. The molecule has 1 unspecified atom stereocenters. The second kappa shape index (κ2) is 12.5. The van der Waals surface area contributed by atoms with Gasteiger partial charge in [0.05, 0.1) is 0 Å². The van der Waals surface area contributed by atoms with Crippen LogP contribution in [-0.2, 0) is 13.0 Å². The fourth-order valence-corrected chi connectivity index (χ4v) is 6.63. The predicted molar refractivity (Wildman–Crippen MR) is 155 cm³/mol. The minimum atomic E-state index is 0.722. The molecule has 0 spiro atoms. The monoisotopic (exact) mass is 484 g/mol. The molecule has 2 aliphatic rings. The Bertz CT molecular complexity index is 1080. The zero-order valence-electron chi connectivity index (χ0n) is 22.9. The highest BCUT2D eigenvalue weighted by molar-refractivity contribution is 5.84. The molecule has 1 aromatic heterocycles. The summed E-state index contributed by atoms with van der Waals surface area (Å²) >= 11 is 0. The molecule has 1 aliphatic carbocycles. The molecular formula is C34H48N2. The third kappa shape index (κ3) is 6.62. The molecule has 5 rings (SSSR count). The van der Waals surface area contributed by atoms with E-state index in [9.17, 15) is 0 Å². The second-order valence-corrected chi connectivity index (χ2v) is 11.9. The fourth-order valence-electron chi connectivity index (χ4n) is 6.63. The molecule has 194 valence electrons. The number of benzene rings is 2. The lowest BCUT2D eigenvalue weighted by Crippen LogP contribution is -2.41. The minimum absolute atomic E-state index is 0.722. The van der Waals surface area contributed by atoms with Crippen LogP contribution in [0.3, 0.4) is 0 Å². The maximum Gasteiger partial charge on any atom is 0.0483 e. The topological polar surface area (TPSA) is 8.17 Å². The van der Waals surface area contributed by atoms with E-state index in [1.165, 1.54) is 119 Å².